The van der Waals surface area contributed by atoms with E-state index in [0.29, 0.717) is 46.2 Å². The summed E-state index contributed by atoms with van der Waals surface area (Å²) < 4.78 is 21.2. The molecule has 0 unspecified atom stereocenters. The number of allylic oxidation sites excluding steroid dienone is 1. The summed E-state index contributed by atoms with van der Waals surface area (Å²) in [6.45, 7) is 8.79. The Hall–Kier alpha value is -0.620. The zero-order valence-corrected chi connectivity index (χ0v) is 11.7. The maximum Gasteiger partial charge on any atom is 0.0858 e. The van der Waals surface area contributed by atoms with Gasteiger partial charge in [-0.05, 0) is 13.3 Å². The van der Waals surface area contributed by atoms with Crippen LogP contribution < -0.4 is 5.73 Å². The fraction of sp³-hybridized carbons (Fsp3) is 0.846. The SMILES string of the molecule is C/C=C(\N)COCCOCCOCCOCCC. The van der Waals surface area contributed by atoms with Gasteiger partial charge in [-0.25, -0.2) is 0 Å². The molecule has 0 spiro atoms. The number of hydrogen-bond donors (Lipinski definition) is 1. The van der Waals surface area contributed by atoms with Crippen LogP contribution in [0.3, 0.4) is 0 Å². The highest BCUT2D eigenvalue weighted by Crippen LogP contribution is 1.87. The summed E-state index contributed by atoms with van der Waals surface area (Å²) in [5.41, 5.74) is 6.31. The molecule has 0 bridgehead atoms. The third-order valence-corrected chi connectivity index (χ3v) is 2.10. The average molecular weight is 261 g/mol. The van der Waals surface area contributed by atoms with Crippen molar-refractivity contribution in [2.75, 3.05) is 52.9 Å². The van der Waals surface area contributed by atoms with Gasteiger partial charge in [-0.1, -0.05) is 13.0 Å². The topological polar surface area (TPSA) is 62.9 Å². The van der Waals surface area contributed by atoms with E-state index in [1.54, 1.807) is 0 Å². The fourth-order valence-corrected chi connectivity index (χ4v) is 1.08. The third-order valence-electron chi connectivity index (χ3n) is 2.10. The lowest BCUT2D eigenvalue weighted by Crippen LogP contribution is -2.13. The highest BCUT2D eigenvalue weighted by molar-refractivity contribution is 4.93. The molecule has 0 amide bonds. The highest BCUT2D eigenvalue weighted by atomic mass is 16.6. The van der Waals surface area contributed by atoms with Gasteiger partial charge in [0.15, 0.2) is 0 Å². The first kappa shape index (κ1) is 17.4. The predicted molar refractivity (Wildman–Crippen MR) is 71.5 cm³/mol. The number of rotatable bonds is 13. The lowest BCUT2D eigenvalue weighted by atomic mass is 10.4. The maximum atomic E-state index is 5.57. The minimum atomic E-state index is 0.463. The molecule has 0 aromatic heterocycles. The molecule has 0 saturated carbocycles. The van der Waals surface area contributed by atoms with Crippen LogP contribution in [0.4, 0.5) is 0 Å². The first-order valence-corrected chi connectivity index (χ1v) is 6.52. The van der Waals surface area contributed by atoms with E-state index in [4.69, 9.17) is 24.7 Å². The van der Waals surface area contributed by atoms with Crippen molar-refractivity contribution >= 4 is 0 Å². The molecule has 0 aromatic carbocycles. The van der Waals surface area contributed by atoms with Crippen molar-refractivity contribution in [2.24, 2.45) is 5.73 Å². The maximum absolute atomic E-state index is 5.57. The van der Waals surface area contributed by atoms with E-state index in [-0.39, 0.29) is 0 Å². The van der Waals surface area contributed by atoms with Crippen LogP contribution in [0.25, 0.3) is 0 Å². The second kappa shape index (κ2) is 14.4. The molecule has 18 heavy (non-hydrogen) atoms. The van der Waals surface area contributed by atoms with Crippen molar-refractivity contribution in [2.45, 2.75) is 20.3 Å². The first-order valence-electron chi connectivity index (χ1n) is 6.52. The number of ether oxygens (including phenoxy) is 4. The van der Waals surface area contributed by atoms with Crippen LogP contribution in [0.5, 0.6) is 0 Å². The zero-order chi connectivity index (χ0) is 13.5. The minimum absolute atomic E-state index is 0.463. The van der Waals surface area contributed by atoms with Crippen molar-refractivity contribution < 1.29 is 18.9 Å². The largest absolute Gasteiger partial charge is 0.400 e. The van der Waals surface area contributed by atoms with Crippen LogP contribution in [0, 0.1) is 0 Å². The molecule has 0 heterocycles. The Bertz CT molecular complexity index is 197. The van der Waals surface area contributed by atoms with E-state index in [0.717, 1.165) is 18.7 Å². The first-order chi connectivity index (χ1) is 8.81. The summed E-state index contributed by atoms with van der Waals surface area (Å²) in [5.74, 6) is 0. The third kappa shape index (κ3) is 13.4. The molecular weight excluding hydrogens is 234 g/mol. The molecule has 0 radical (unpaired) electrons. The number of nitrogens with two attached hydrogens (primary N) is 1. The van der Waals surface area contributed by atoms with Gasteiger partial charge in [-0.15, -0.1) is 0 Å². The Morgan fingerprint density at radius 1 is 0.833 bits per heavy atom. The van der Waals surface area contributed by atoms with E-state index in [9.17, 15) is 0 Å². The summed E-state index contributed by atoms with van der Waals surface area (Å²) >= 11 is 0. The van der Waals surface area contributed by atoms with Crippen molar-refractivity contribution in [1.29, 1.82) is 0 Å². The van der Waals surface area contributed by atoms with E-state index in [1.165, 1.54) is 0 Å². The van der Waals surface area contributed by atoms with Crippen LogP contribution in [-0.2, 0) is 18.9 Å². The van der Waals surface area contributed by atoms with Crippen molar-refractivity contribution in [3.8, 4) is 0 Å². The van der Waals surface area contributed by atoms with E-state index < -0.39 is 0 Å². The molecule has 0 rings (SSSR count). The summed E-state index contributed by atoms with van der Waals surface area (Å²) in [4.78, 5) is 0. The number of hydrogen-bond acceptors (Lipinski definition) is 5. The molecule has 0 aromatic rings. The molecule has 108 valence electrons. The quantitative estimate of drug-likeness (QED) is 0.507. The van der Waals surface area contributed by atoms with Gasteiger partial charge in [0.05, 0.1) is 46.2 Å². The molecule has 5 nitrogen and oxygen atoms in total. The van der Waals surface area contributed by atoms with Crippen molar-refractivity contribution in [3.05, 3.63) is 11.8 Å². The molecule has 0 atom stereocenters. The standard InChI is InChI=1S/C13H27NO4/c1-3-5-15-6-7-16-8-9-17-10-11-18-12-13(14)4-2/h4H,3,5-12,14H2,1-2H3/b13-4-. The van der Waals surface area contributed by atoms with Crippen LogP contribution in [0.15, 0.2) is 11.8 Å². The van der Waals surface area contributed by atoms with Crippen LogP contribution in [0.2, 0.25) is 0 Å². The summed E-state index contributed by atoms with van der Waals surface area (Å²) in [6, 6.07) is 0. The normalized spacial score (nSPS) is 12.0. The Morgan fingerprint density at radius 3 is 1.72 bits per heavy atom. The Balaban J connectivity index is 2.99. The van der Waals surface area contributed by atoms with Gasteiger partial charge in [0.25, 0.3) is 0 Å². The molecule has 0 saturated heterocycles. The smallest absolute Gasteiger partial charge is 0.0858 e. The second-order valence-corrected chi connectivity index (χ2v) is 3.75. The van der Waals surface area contributed by atoms with Gasteiger partial charge in [0, 0.05) is 12.3 Å². The van der Waals surface area contributed by atoms with Crippen molar-refractivity contribution in [3.63, 3.8) is 0 Å². The fourth-order valence-electron chi connectivity index (χ4n) is 1.08. The lowest BCUT2D eigenvalue weighted by Gasteiger charge is -2.07. The Morgan fingerprint density at radius 2 is 1.28 bits per heavy atom. The molecule has 0 aliphatic carbocycles. The highest BCUT2D eigenvalue weighted by Gasteiger charge is 1.93. The van der Waals surface area contributed by atoms with E-state index in [1.807, 2.05) is 13.0 Å². The Kier molecular flexibility index (Phi) is 13.9. The molecule has 0 aliphatic heterocycles. The van der Waals surface area contributed by atoms with Crippen LogP contribution in [0.1, 0.15) is 20.3 Å². The monoisotopic (exact) mass is 261 g/mol. The van der Waals surface area contributed by atoms with Crippen LogP contribution in [-0.4, -0.2) is 52.9 Å². The van der Waals surface area contributed by atoms with Gasteiger partial charge in [0.2, 0.25) is 0 Å². The summed E-state index contributed by atoms with van der Waals surface area (Å²) in [5, 5.41) is 0. The zero-order valence-electron chi connectivity index (χ0n) is 11.7. The summed E-state index contributed by atoms with van der Waals surface area (Å²) in [6.07, 6.45) is 2.87. The van der Waals surface area contributed by atoms with Gasteiger partial charge in [-0.2, -0.15) is 0 Å². The summed E-state index contributed by atoms with van der Waals surface area (Å²) in [7, 11) is 0. The van der Waals surface area contributed by atoms with Crippen LogP contribution >= 0.6 is 0 Å². The van der Waals surface area contributed by atoms with Gasteiger partial charge in [0.1, 0.15) is 0 Å². The minimum Gasteiger partial charge on any atom is -0.400 e. The second-order valence-electron chi connectivity index (χ2n) is 3.75. The van der Waals surface area contributed by atoms with Crippen molar-refractivity contribution in [1.82, 2.24) is 0 Å². The lowest BCUT2D eigenvalue weighted by molar-refractivity contribution is 0.000412. The molecule has 5 heteroatoms. The predicted octanol–water partition coefficient (Wildman–Crippen LogP) is 1.33. The molecule has 0 fully saturated rings. The molecule has 0 aliphatic rings. The van der Waals surface area contributed by atoms with E-state index >= 15 is 0 Å². The average Bonchev–Trinajstić information content (AvgIpc) is 2.39. The van der Waals surface area contributed by atoms with Gasteiger partial charge < -0.3 is 24.7 Å². The van der Waals surface area contributed by atoms with E-state index in [2.05, 4.69) is 6.92 Å². The molecule has 2 N–H and O–H groups in total. The Labute approximate surface area is 110 Å². The van der Waals surface area contributed by atoms with Gasteiger partial charge >= 0.3 is 0 Å². The molecular formula is C13H27NO4. The van der Waals surface area contributed by atoms with Gasteiger partial charge in [-0.3, -0.25) is 0 Å².